The van der Waals surface area contributed by atoms with Gasteiger partial charge in [-0.2, -0.15) is 20.2 Å². The number of rotatable bonds is 7. The first kappa shape index (κ1) is 17.7. The summed E-state index contributed by atoms with van der Waals surface area (Å²) in [7, 11) is -3.67. The molecule has 0 radical (unpaired) electrons. The van der Waals surface area contributed by atoms with Crippen molar-refractivity contribution < 1.29 is 13.2 Å². The second-order valence-corrected chi connectivity index (χ2v) is 7.44. The third-order valence-electron chi connectivity index (χ3n) is 3.35. The topological polar surface area (TPSA) is 119 Å². The Labute approximate surface area is 125 Å². The number of hydrogen-bond donors (Lipinski definition) is 3. The number of carbonyl (C=O) groups is 1. The smallest absolute Gasteiger partial charge is 0.274 e. The molecule has 1 heterocycles. The van der Waals surface area contributed by atoms with E-state index in [2.05, 4.69) is 4.72 Å². The van der Waals surface area contributed by atoms with Crippen LogP contribution in [0.5, 0.6) is 0 Å². The molecule has 7 nitrogen and oxygen atoms in total. The Morgan fingerprint density at radius 3 is 2.85 bits per heavy atom. The first-order valence-corrected chi connectivity index (χ1v) is 9.58. The first-order chi connectivity index (χ1) is 9.33. The van der Waals surface area contributed by atoms with Crippen LogP contribution in [-0.4, -0.2) is 56.9 Å². The second kappa shape index (κ2) is 8.18. The number of thioether (sulfide) groups is 1. The molecule has 118 valence electrons. The highest BCUT2D eigenvalue weighted by Gasteiger charge is 2.27. The van der Waals surface area contributed by atoms with E-state index >= 15 is 0 Å². The molecule has 1 amide bonds. The molecule has 1 rings (SSSR count). The van der Waals surface area contributed by atoms with Gasteiger partial charge in [-0.25, -0.2) is 9.86 Å². The molecule has 1 aliphatic rings. The normalized spacial score (nSPS) is 21.8. The molecule has 9 heteroatoms. The summed E-state index contributed by atoms with van der Waals surface area (Å²) < 4.78 is 24.1. The number of nitrogens with zero attached hydrogens (tertiary/aromatic N) is 1. The minimum absolute atomic E-state index is 0.0423. The molecule has 1 unspecified atom stereocenters. The average molecular weight is 324 g/mol. The van der Waals surface area contributed by atoms with Gasteiger partial charge in [0.2, 0.25) is 5.91 Å². The van der Waals surface area contributed by atoms with Crippen LogP contribution in [-0.2, 0) is 15.0 Å². The molecule has 1 fully saturated rings. The molecule has 0 aliphatic carbocycles. The van der Waals surface area contributed by atoms with Crippen molar-refractivity contribution in [2.24, 2.45) is 16.8 Å². The SMILES string of the molecule is CSCC[C@@H](N)C(=O)N1CCCC(CNS(N)(=O)=O)C1. The number of nitrogens with two attached hydrogens (primary N) is 2. The van der Waals surface area contributed by atoms with Crippen LogP contribution in [0.1, 0.15) is 19.3 Å². The van der Waals surface area contributed by atoms with Crippen molar-refractivity contribution in [2.45, 2.75) is 25.3 Å². The lowest BCUT2D eigenvalue weighted by atomic mass is 9.97. The van der Waals surface area contributed by atoms with E-state index in [1.165, 1.54) is 0 Å². The lowest BCUT2D eigenvalue weighted by Gasteiger charge is -2.34. The van der Waals surface area contributed by atoms with Gasteiger partial charge in [0.25, 0.3) is 10.2 Å². The van der Waals surface area contributed by atoms with Gasteiger partial charge < -0.3 is 10.6 Å². The number of amides is 1. The van der Waals surface area contributed by atoms with Crippen molar-refractivity contribution in [1.82, 2.24) is 9.62 Å². The number of piperidine rings is 1. The molecule has 0 aromatic heterocycles. The van der Waals surface area contributed by atoms with Gasteiger partial charge in [-0.1, -0.05) is 0 Å². The Bertz CT molecular complexity index is 416. The zero-order valence-corrected chi connectivity index (χ0v) is 13.4. The molecule has 1 saturated heterocycles. The van der Waals surface area contributed by atoms with Gasteiger partial charge >= 0.3 is 0 Å². The van der Waals surface area contributed by atoms with E-state index in [0.717, 1.165) is 18.6 Å². The maximum Gasteiger partial charge on any atom is 0.274 e. The minimum atomic E-state index is -3.67. The third-order valence-corrected chi connectivity index (χ3v) is 4.57. The predicted molar refractivity (Wildman–Crippen MR) is 81.4 cm³/mol. The Balaban J connectivity index is 2.45. The van der Waals surface area contributed by atoms with Crippen molar-refractivity contribution in [2.75, 3.05) is 31.6 Å². The molecule has 0 saturated carbocycles. The Kier molecular flexibility index (Phi) is 7.24. The van der Waals surface area contributed by atoms with Crippen LogP contribution in [0.15, 0.2) is 0 Å². The van der Waals surface area contributed by atoms with Crippen molar-refractivity contribution in [1.29, 1.82) is 0 Å². The highest BCUT2D eigenvalue weighted by atomic mass is 32.2. The Hall–Kier alpha value is -0.350. The van der Waals surface area contributed by atoms with Crippen molar-refractivity contribution in [3.8, 4) is 0 Å². The van der Waals surface area contributed by atoms with Gasteiger partial charge in [-0.15, -0.1) is 0 Å². The fourth-order valence-corrected chi connectivity index (χ4v) is 3.23. The molecule has 0 spiro atoms. The molecule has 1 aliphatic heterocycles. The molecule has 0 aromatic carbocycles. The summed E-state index contributed by atoms with van der Waals surface area (Å²) in [4.78, 5) is 13.9. The molecule has 2 atom stereocenters. The van der Waals surface area contributed by atoms with Crippen LogP contribution in [0.3, 0.4) is 0 Å². The monoisotopic (exact) mass is 324 g/mol. The third kappa shape index (κ3) is 6.40. The summed E-state index contributed by atoms with van der Waals surface area (Å²) in [6.45, 7) is 1.49. The predicted octanol–water partition coefficient (Wildman–Crippen LogP) is -0.901. The van der Waals surface area contributed by atoms with Gasteiger partial charge in [-0.05, 0) is 37.2 Å². The maximum atomic E-state index is 12.2. The number of likely N-dealkylation sites (tertiary alicyclic amines) is 1. The van der Waals surface area contributed by atoms with E-state index < -0.39 is 16.3 Å². The van der Waals surface area contributed by atoms with Crippen LogP contribution < -0.4 is 15.6 Å². The van der Waals surface area contributed by atoms with Crippen LogP contribution >= 0.6 is 11.8 Å². The molecule has 20 heavy (non-hydrogen) atoms. The van der Waals surface area contributed by atoms with Crippen molar-refractivity contribution in [3.63, 3.8) is 0 Å². The molecular weight excluding hydrogens is 300 g/mol. The van der Waals surface area contributed by atoms with Gasteiger partial charge in [0.1, 0.15) is 0 Å². The molecular formula is C11H24N4O3S2. The summed E-state index contributed by atoms with van der Waals surface area (Å²) in [5, 5.41) is 4.91. The maximum absolute atomic E-state index is 12.2. The van der Waals surface area contributed by atoms with E-state index in [0.29, 0.717) is 19.5 Å². The average Bonchev–Trinajstić information content (AvgIpc) is 2.41. The highest BCUT2D eigenvalue weighted by Crippen LogP contribution is 2.17. The summed E-state index contributed by atoms with van der Waals surface area (Å²) >= 11 is 1.66. The largest absolute Gasteiger partial charge is 0.341 e. The molecule has 0 aromatic rings. The van der Waals surface area contributed by atoms with Crippen LogP contribution in [0, 0.1) is 5.92 Å². The summed E-state index contributed by atoms with van der Waals surface area (Å²) in [6.07, 6.45) is 4.38. The second-order valence-electron chi connectivity index (χ2n) is 5.07. The van der Waals surface area contributed by atoms with E-state index in [1.807, 2.05) is 6.26 Å². The molecule has 0 bridgehead atoms. The lowest BCUT2D eigenvalue weighted by Crippen LogP contribution is -2.50. The standard InChI is InChI=1S/C11H24N4O3S2/c1-19-6-4-10(12)11(16)15-5-2-3-9(8-15)7-14-20(13,17)18/h9-10,14H,2-8,12H2,1H3,(H2,13,17,18)/t9?,10-/m1/s1. The van der Waals surface area contributed by atoms with Crippen LogP contribution in [0.4, 0.5) is 0 Å². The van der Waals surface area contributed by atoms with Gasteiger partial charge in [0.15, 0.2) is 0 Å². The van der Waals surface area contributed by atoms with Crippen molar-refractivity contribution >= 4 is 27.9 Å². The van der Waals surface area contributed by atoms with Crippen molar-refractivity contribution in [3.05, 3.63) is 0 Å². The van der Waals surface area contributed by atoms with E-state index in [1.54, 1.807) is 16.7 Å². The number of nitrogens with one attached hydrogen (secondary N) is 1. The highest BCUT2D eigenvalue weighted by molar-refractivity contribution is 7.98. The van der Waals surface area contributed by atoms with Gasteiger partial charge in [-0.3, -0.25) is 4.79 Å². The van der Waals surface area contributed by atoms with Gasteiger partial charge in [0, 0.05) is 19.6 Å². The van der Waals surface area contributed by atoms with Gasteiger partial charge in [0.05, 0.1) is 6.04 Å². The number of carbonyl (C=O) groups excluding carboxylic acids is 1. The summed E-state index contributed by atoms with van der Waals surface area (Å²) in [5.74, 6) is 0.912. The summed E-state index contributed by atoms with van der Waals surface area (Å²) in [6, 6.07) is -0.465. The fraction of sp³-hybridized carbons (Fsp3) is 0.909. The van der Waals surface area contributed by atoms with E-state index in [9.17, 15) is 13.2 Å². The van der Waals surface area contributed by atoms with E-state index in [-0.39, 0.29) is 18.4 Å². The fourth-order valence-electron chi connectivity index (χ4n) is 2.27. The first-order valence-electron chi connectivity index (χ1n) is 6.64. The van der Waals surface area contributed by atoms with Crippen LogP contribution in [0.2, 0.25) is 0 Å². The zero-order chi connectivity index (χ0) is 15.2. The Morgan fingerprint density at radius 1 is 1.55 bits per heavy atom. The molecule has 5 N–H and O–H groups in total. The Morgan fingerprint density at radius 2 is 2.25 bits per heavy atom. The summed E-state index contributed by atoms with van der Waals surface area (Å²) in [5.41, 5.74) is 5.89. The quantitative estimate of drug-likeness (QED) is 0.561. The lowest BCUT2D eigenvalue weighted by molar-refractivity contribution is -0.134. The number of hydrogen-bond acceptors (Lipinski definition) is 5. The zero-order valence-electron chi connectivity index (χ0n) is 11.7. The van der Waals surface area contributed by atoms with E-state index in [4.69, 9.17) is 10.9 Å². The van der Waals surface area contributed by atoms with Crippen LogP contribution in [0.25, 0.3) is 0 Å². The minimum Gasteiger partial charge on any atom is -0.341 e.